The molecule has 3 N–H and O–H groups in total. The molecule has 0 aliphatic rings. The minimum absolute atomic E-state index is 0.0285. The average molecular weight is 452 g/mol. The highest BCUT2D eigenvalue weighted by atomic mass is 32.2. The van der Waals surface area contributed by atoms with Crippen LogP contribution >= 0.6 is 11.3 Å². The predicted molar refractivity (Wildman–Crippen MR) is 122 cm³/mol. The lowest BCUT2D eigenvalue weighted by Gasteiger charge is -2.10. The molecule has 0 aliphatic heterocycles. The molecule has 0 saturated carbocycles. The van der Waals surface area contributed by atoms with Gasteiger partial charge >= 0.3 is 0 Å². The Balaban J connectivity index is 1.56. The zero-order valence-corrected chi connectivity index (χ0v) is 17.7. The van der Waals surface area contributed by atoms with Crippen molar-refractivity contribution in [1.82, 2.24) is 5.43 Å². The molecule has 0 bridgehead atoms. The average Bonchev–Trinajstić information content (AvgIpc) is 3.31. The molecule has 0 radical (unpaired) electrons. The standard InChI is InChI=1S/C22H17N3O4S2/c26-20-12-11-15-6-1-2-7-16(15)18(20)14-23-24-22(27)17-8-3-4-9-19(17)25-31(28,29)21-10-5-13-30-21/h1-14,25-26H,(H,24,27)/b23-14+. The monoisotopic (exact) mass is 451 g/mol. The molecule has 1 heterocycles. The minimum Gasteiger partial charge on any atom is -0.507 e. The van der Waals surface area contributed by atoms with Gasteiger partial charge in [-0.15, -0.1) is 11.3 Å². The van der Waals surface area contributed by atoms with E-state index in [0.717, 1.165) is 22.1 Å². The topological polar surface area (TPSA) is 108 Å². The molecule has 9 heteroatoms. The fourth-order valence-electron chi connectivity index (χ4n) is 3.02. The lowest BCUT2D eigenvalue weighted by Crippen LogP contribution is -2.21. The van der Waals surface area contributed by atoms with Crippen molar-refractivity contribution < 1.29 is 18.3 Å². The number of hydrogen-bond donors (Lipinski definition) is 3. The molecular formula is C22H17N3O4S2. The zero-order valence-electron chi connectivity index (χ0n) is 16.0. The van der Waals surface area contributed by atoms with Gasteiger partial charge in [0.1, 0.15) is 9.96 Å². The second-order valence-corrected chi connectivity index (χ2v) is 9.36. The maximum Gasteiger partial charge on any atom is 0.273 e. The first-order chi connectivity index (χ1) is 15.0. The number of carbonyl (C=O) groups is 1. The van der Waals surface area contributed by atoms with Gasteiger partial charge in [0.05, 0.1) is 17.5 Å². The number of rotatable bonds is 6. The number of carbonyl (C=O) groups excluding carboxylic acids is 1. The van der Waals surface area contributed by atoms with Gasteiger partial charge in [0.2, 0.25) is 0 Å². The van der Waals surface area contributed by atoms with Gasteiger partial charge in [0.25, 0.3) is 15.9 Å². The molecule has 0 spiro atoms. The highest BCUT2D eigenvalue weighted by Crippen LogP contribution is 2.26. The SMILES string of the molecule is O=C(N/N=C/c1c(O)ccc2ccccc12)c1ccccc1NS(=O)(=O)c1cccs1. The van der Waals surface area contributed by atoms with E-state index in [4.69, 9.17) is 0 Å². The Kier molecular flexibility index (Phi) is 5.70. The van der Waals surface area contributed by atoms with Crippen LogP contribution < -0.4 is 10.1 Å². The Morgan fingerprint density at radius 3 is 2.55 bits per heavy atom. The second-order valence-electron chi connectivity index (χ2n) is 6.50. The third kappa shape index (κ3) is 4.42. The maximum atomic E-state index is 12.7. The summed E-state index contributed by atoms with van der Waals surface area (Å²) in [7, 11) is -3.80. The van der Waals surface area contributed by atoms with E-state index in [2.05, 4.69) is 15.2 Å². The van der Waals surface area contributed by atoms with Gasteiger partial charge < -0.3 is 5.11 Å². The van der Waals surface area contributed by atoms with E-state index in [-0.39, 0.29) is 21.2 Å². The summed E-state index contributed by atoms with van der Waals surface area (Å²) in [5.41, 5.74) is 3.10. The summed E-state index contributed by atoms with van der Waals surface area (Å²) in [6.45, 7) is 0. The fourth-order valence-corrected chi connectivity index (χ4v) is 5.09. The number of anilines is 1. The Labute approximate surface area is 182 Å². The van der Waals surface area contributed by atoms with E-state index in [1.807, 2.05) is 24.3 Å². The number of para-hydroxylation sites is 1. The maximum absolute atomic E-state index is 12.7. The van der Waals surface area contributed by atoms with Crippen LogP contribution in [0, 0.1) is 0 Å². The molecule has 31 heavy (non-hydrogen) atoms. The smallest absolute Gasteiger partial charge is 0.273 e. The molecule has 0 saturated heterocycles. The van der Waals surface area contributed by atoms with Crippen molar-refractivity contribution in [3.63, 3.8) is 0 Å². The van der Waals surface area contributed by atoms with Crippen molar-refractivity contribution >= 4 is 49.9 Å². The Bertz CT molecular complexity index is 1380. The van der Waals surface area contributed by atoms with Gasteiger partial charge in [-0.25, -0.2) is 13.8 Å². The van der Waals surface area contributed by atoms with Gasteiger partial charge in [0, 0.05) is 5.56 Å². The van der Waals surface area contributed by atoms with Crippen LogP contribution in [0.25, 0.3) is 10.8 Å². The molecular weight excluding hydrogens is 434 g/mol. The van der Waals surface area contributed by atoms with Crippen LogP contribution in [0.5, 0.6) is 5.75 Å². The van der Waals surface area contributed by atoms with E-state index in [1.165, 1.54) is 24.4 Å². The first kappa shape index (κ1) is 20.6. The van der Waals surface area contributed by atoms with Gasteiger partial charge in [0.15, 0.2) is 0 Å². The third-order valence-corrected chi connectivity index (χ3v) is 7.25. The quantitative estimate of drug-likeness (QED) is 0.302. The van der Waals surface area contributed by atoms with Crippen LogP contribution in [0.2, 0.25) is 0 Å². The second kappa shape index (κ2) is 8.58. The molecule has 156 valence electrons. The number of hydrazone groups is 1. The molecule has 7 nitrogen and oxygen atoms in total. The fraction of sp³-hybridized carbons (Fsp3) is 0. The number of phenols is 1. The van der Waals surface area contributed by atoms with E-state index < -0.39 is 15.9 Å². The molecule has 1 amide bonds. The first-order valence-electron chi connectivity index (χ1n) is 9.15. The summed E-state index contributed by atoms with van der Waals surface area (Å²) < 4.78 is 27.6. The number of phenolic OH excluding ortho intramolecular Hbond substituents is 1. The van der Waals surface area contributed by atoms with Crippen LogP contribution in [0.4, 0.5) is 5.69 Å². The van der Waals surface area contributed by atoms with E-state index in [1.54, 1.807) is 35.7 Å². The van der Waals surface area contributed by atoms with Crippen molar-refractivity contribution in [2.75, 3.05) is 4.72 Å². The van der Waals surface area contributed by atoms with Crippen LogP contribution in [0.1, 0.15) is 15.9 Å². The summed E-state index contributed by atoms with van der Waals surface area (Å²) in [5.74, 6) is -0.568. The summed E-state index contributed by atoms with van der Waals surface area (Å²) in [5, 5.41) is 17.5. The number of benzene rings is 3. The Morgan fingerprint density at radius 1 is 0.968 bits per heavy atom. The number of nitrogens with zero attached hydrogens (tertiary/aromatic N) is 1. The van der Waals surface area contributed by atoms with Crippen LogP contribution in [0.15, 0.2) is 87.5 Å². The molecule has 0 aliphatic carbocycles. The van der Waals surface area contributed by atoms with Crippen molar-refractivity contribution in [3.8, 4) is 5.75 Å². The number of thiophene rings is 1. The molecule has 0 atom stereocenters. The number of aromatic hydroxyl groups is 1. The summed E-state index contributed by atoms with van der Waals surface area (Å²) in [6.07, 6.45) is 1.36. The van der Waals surface area contributed by atoms with Gasteiger partial charge in [-0.2, -0.15) is 5.10 Å². The number of amides is 1. The van der Waals surface area contributed by atoms with Crippen LogP contribution in [-0.2, 0) is 10.0 Å². The van der Waals surface area contributed by atoms with Gasteiger partial charge in [-0.3, -0.25) is 9.52 Å². The van der Waals surface area contributed by atoms with Crippen molar-refractivity contribution in [2.45, 2.75) is 4.21 Å². The number of fused-ring (bicyclic) bond motifs is 1. The largest absolute Gasteiger partial charge is 0.507 e. The number of nitrogens with one attached hydrogen (secondary N) is 2. The summed E-state index contributed by atoms with van der Waals surface area (Å²) >= 11 is 1.08. The van der Waals surface area contributed by atoms with E-state index in [9.17, 15) is 18.3 Å². The lowest BCUT2D eigenvalue weighted by atomic mass is 10.0. The zero-order chi connectivity index (χ0) is 21.8. The molecule has 0 unspecified atom stereocenters. The summed E-state index contributed by atoms with van der Waals surface area (Å²) in [4.78, 5) is 12.7. The molecule has 1 aromatic heterocycles. The molecule has 4 aromatic rings. The highest BCUT2D eigenvalue weighted by molar-refractivity contribution is 7.94. The van der Waals surface area contributed by atoms with Crippen molar-refractivity contribution in [1.29, 1.82) is 0 Å². The summed E-state index contributed by atoms with van der Waals surface area (Å²) in [6, 6.07) is 20.2. The molecule has 4 rings (SSSR count). The Hall–Kier alpha value is -3.69. The van der Waals surface area contributed by atoms with Crippen LogP contribution in [-0.4, -0.2) is 25.6 Å². The third-order valence-electron chi connectivity index (χ3n) is 4.48. The van der Waals surface area contributed by atoms with Gasteiger partial charge in [-0.1, -0.05) is 48.5 Å². The normalized spacial score (nSPS) is 11.6. The van der Waals surface area contributed by atoms with E-state index in [0.29, 0.717) is 5.56 Å². The number of hydrogen-bond acceptors (Lipinski definition) is 6. The first-order valence-corrected chi connectivity index (χ1v) is 11.5. The predicted octanol–water partition coefficient (Wildman–Crippen LogP) is 4.17. The van der Waals surface area contributed by atoms with E-state index >= 15 is 0 Å². The minimum atomic E-state index is -3.80. The van der Waals surface area contributed by atoms with Gasteiger partial charge in [-0.05, 0) is 40.4 Å². The van der Waals surface area contributed by atoms with Crippen LogP contribution in [0.3, 0.4) is 0 Å². The van der Waals surface area contributed by atoms with Crippen molar-refractivity contribution in [2.24, 2.45) is 5.10 Å². The Morgan fingerprint density at radius 2 is 1.74 bits per heavy atom. The number of sulfonamides is 1. The van der Waals surface area contributed by atoms with Crippen molar-refractivity contribution in [3.05, 3.63) is 89.3 Å². The highest BCUT2D eigenvalue weighted by Gasteiger charge is 2.19. The lowest BCUT2D eigenvalue weighted by molar-refractivity contribution is 0.0956. The molecule has 3 aromatic carbocycles. The molecule has 0 fully saturated rings.